The quantitative estimate of drug-likeness (QED) is 0.597. The monoisotopic (exact) mass is 314 g/mol. The minimum atomic E-state index is -0.436. The van der Waals surface area contributed by atoms with Crippen LogP contribution in [0.15, 0.2) is 18.2 Å². The lowest BCUT2D eigenvalue weighted by atomic mass is 10.0. The predicted octanol–water partition coefficient (Wildman–Crippen LogP) is 0.937. The van der Waals surface area contributed by atoms with Crippen LogP contribution >= 0.6 is 24.8 Å². The lowest BCUT2D eigenvalue weighted by Gasteiger charge is -2.03. The van der Waals surface area contributed by atoms with Crippen LogP contribution in [0.4, 0.5) is 0 Å². The van der Waals surface area contributed by atoms with E-state index in [9.17, 15) is 4.79 Å². The largest absolute Gasteiger partial charge is 0.465 e. The molecule has 0 aliphatic heterocycles. The van der Waals surface area contributed by atoms with Crippen LogP contribution < -0.4 is 11.5 Å². The van der Waals surface area contributed by atoms with E-state index in [1.807, 2.05) is 0 Å². The van der Waals surface area contributed by atoms with Crippen LogP contribution in [0.3, 0.4) is 0 Å². The summed E-state index contributed by atoms with van der Waals surface area (Å²) in [4.78, 5) is 11.5. The van der Waals surface area contributed by atoms with Gasteiger partial charge in [-0.3, -0.25) is 0 Å². The second kappa shape index (κ2) is 11.2. The first-order valence-electron chi connectivity index (χ1n) is 5.33. The van der Waals surface area contributed by atoms with Crippen LogP contribution in [0.5, 0.6) is 0 Å². The Morgan fingerprint density at radius 2 is 1.75 bits per heavy atom. The SMILES string of the molecule is COC(=O)c1ccc(C#CCN)cc1C#CCN.Cl.Cl. The number of hydrogen-bond donors (Lipinski definition) is 2. The summed E-state index contributed by atoms with van der Waals surface area (Å²) in [6.07, 6.45) is 0. The van der Waals surface area contributed by atoms with Crippen molar-refractivity contribution in [3.63, 3.8) is 0 Å². The zero-order valence-electron chi connectivity index (χ0n) is 10.9. The van der Waals surface area contributed by atoms with Crippen LogP contribution in [0.2, 0.25) is 0 Å². The number of methoxy groups -OCH3 is 1. The Morgan fingerprint density at radius 1 is 1.15 bits per heavy atom. The third-order valence-corrected chi connectivity index (χ3v) is 2.08. The first-order chi connectivity index (χ1) is 8.72. The summed E-state index contributed by atoms with van der Waals surface area (Å²) in [5, 5.41) is 0. The minimum absolute atomic E-state index is 0. The first-order valence-corrected chi connectivity index (χ1v) is 5.33. The number of carbonyl (C=O) groups excluding carboxylic acids is 1. The maximum atomic E-state index is 11.5. The molecule has 108 valence electrons. The normalized spacial score (nSPS) is 7.75. The van der Waals surface area contributed by atoms with Crippen molar-refractivity contribution >= 4 is 30.8 Å². The molecule has 0 aromatic heterocycles. The van der Waals surface area contributed by atoms with E-state index in [1.165, 1.54) is 7.11 Å². The molecular formula is C14H16Cl2N2O2. The average molecular weight is 315 g/mol. The van der Waals surface area contributed by atoms with Crippen molar-refractivity contribution < 1.29 is 9.53 Å². The van der Waals surface area contributed by atoms with Gasteiger partial charge in [0.15, 0.2) is 0 Å². The Morgan fingerprint density at radius 3 is 2.30 bits per heavy atom. The van der Waals surface area contributed by atoms with Crippen molar-refractivity contribution in [2.24, 2.45) is 11.5 Å². The van der Waals surface area contributed by atoms with Crippen LogP contribution in [-0.4, -0.2) is 26.2 Å². The number of hydrogen-bond acceptors (Lipinski definition) is 4. The highest BCUT2D eigenvalue weighted by molar-refractivity contribution is 5.92. The predicted molar refractivity (Wildman–Crippen MR) is 84.1 cm³/mol. The van der Waals surface area contributed by atoms with Crippen molar-refractivity contribution in [1.29, 1.82) is 0 Å². The summed E-state index contributed by atoms with van der Waals surface area (Å²) in [5.41, 5.74) is 12.3. The second-order valence-electron chi connectivity index (χ2n) is 3.26. The molecule has 0 atom stereocenters. The molecule has 1 aromatic carbocycles. The van der Waals surface area contributed by atoms with Gasteiger partial charge in [0, 0.05) is 11.1 Å². The van der Waals surface area contributed by atoms with Gasteiger partial charge in [0.2, 0.25) is 0 Å². The molecule has 0 fully saturated rings. The van der Waals surface area contributed by atoms with Gasteiger partial charge in [-0.15, -0.1) is 24.8 Å². The molecule has 1 rings (SSSR count). The van der Waals surface area contributed by atoms with Crippen LogP contribution in [0, 0.1) is 23.7 Å². The molecule has 6 heteroatoms. The molecule has 4 nitrogen and oxygen atoms in total. The standard InChI is InChI=1S/C14H14N2O2.2ClH/c1-18-14(17)13-7-6-11(4-2-8-15)10-12(13)5-3-9-16;;/h6-7,10H,8-9,15-16H2,1H3;2*1H. The molecule has 0 unspecified atom stereocenters. The van der Waals surface area contributed by atoms with Crippen molar-refractivity contribution in [3.8, 4) is 23.7 Å². The zero-order chi connectivity index (χ0) is 13.4. The Bertz CT molecular complexity index is 566. The van der Waals surface area contributed by atoms with Gasteiger partial charge in [0.05, 0.1) is 25.8 Å². The summed E-state index contributed by atoms with van der Waals surface area (Å²) in [7, 11) is 1.32. The summed E-state index contributed by atoms with van der Waals surface area (Å²) < 4.78 is 4.68. The lowest BCUT2D eigenvalue weighted by molar-refractivity contribution is 0.0600. The van der Waals surface area contributed by atoms with E-state index in [-0.39, 0.29) is 37.9 Å². The smallest absolute Gasteiger partial charge is 0.339 e. The van der Waals surface area contributed by atoms with Crippen molar-refractivity contribution in [2.75, 3.05) is 20.2 Å². The molecule has 0 heterocycles. The maximum absolute atomic E-state index is 11.5. The zero-order valence-corrected chi connectivity index (χ0v) is 12.6. The van der Waals surface area contributed by atoms with E-state index in [0.29, 0.717) is 11.1 Å². The topological polar surface area (TPSA) is 78.3 Å². The van der Waals surface area contributed by atoms with Crippen LogP contribution in [0.1, 0.15) is 21.5 Å². The molecule has 0 aliphatic carbocycles. The van der Waals surface area contributed by atoms with E-state index in [1.54, 1.807) is 18.2 Å². The molecule has 0 aliphatic rings. The fourth-order valence-electron chi connectivity index (χ4n) is 1.31. The highest BCUT2D eigenvalue weighted by Gasteiger charge is 2.10. The Kier molecular flexibility index (Phi) is 11.5. The fraction of sp³-hybridized carbons (Fsp3) is 0.214. The van der Waals surface area contributed by atoms with Crippen molar-refractivity contribution in [1.82, 2.24) is 0 Å². The van der Waals surface area contributed by atoms with E-state index in [0.717, 1.165) is 5.56 Å². The molecule has 1 aromatic rings. The molecule has 0 saturated heterocycles. The van der Waals surface area contributed by atoms with Gasteiger partial charge in [0.25, 0.3) is 0 Å². The molecule has 20 heavy (non-hydrogen) atoms. The van der Waals surface area contributed by atoms with Gasteiger partial charge in [-0.05, 0) is 18.2 Å². The minimum Gasteiger partial charge on any atom is -0.465 e. The first kappa shape index (κ1) is 20.6. The number of halogens is 2. The second-order valence-corrected chi connectivity index (χ2v) is 3.26. The molecular weight excluding hydrogens is 299 g/mol. The van der Waals surface area contributed by atoms with E-state index in [4.69, 9.17) is 11.5 Å². The molecule has 0 bridgehead atoms. The number of rotatable bonds is 1. The van der Waals surface area contributed by atoms with Crippen molar-refractivity contribution in [3.05, 3.63) is 34.9 Å². The van der Waals surface area contributed by atoms with Gasteiger partial charge in [-0.25, -0.2) is 4.79 Å². The average Bonchev–Trinajstić information content (AvgIpc) is 2.42. The van der Waals surface area contributed by atoms with Gasteiger partial charge in [-0.2, -0.15) is 0 Å². The summed E-state index contributed by atoms with van der Waals surface area (Å²) in [6.45, 7) is 0.502. The highest BCUT2D eigenvalue weighted by atomic mass is 35.5. The fourth-order valence-corrected chi connectivity index (χ4v) is 1.31. The summed E-state index contributed by atoms with van der Waals surface area (Å²) >= 11 is 0. The number of benzene rings is 1. The molecule has 0 radical (unpaired) electrons. The van der Waals surface area contributed by atoms with Gasteiger partial charge >= 0.3 is 5.97 Å². The van der Waals surface area contributed by atoms with Gasteiger partial charge in [-0.1, -0.05) is 23.7 Å². The van der Waals surface area contributed by atoms with E-state index < -0.39 is 5.97 Å². The third-order valence-electron chi connectivity index (χ3n) is 2.08. The highest BCUT2D eigenvalue weighted by Crippen LogP contribution is 2.12. The van der Waals surface area contributed by atoms with Gasteiger partial charge in [0.1, 0.15) is 0 Å². The number of nitrogens with two attached hydrogens (primary N) is 2. The third kappa shape index (κ3) is 5.97. The number of carbonyl (C=O) groups is 1. The number of esters is 1. The Balaban J connectivity index is 0. The molecule has 0 saturated carbocycles. The Labute approximate surface area is 131 Å². The van der Waals surface area contributed by atoms with Gasteiger partial charge < -0.3 is 16.2 Å². The van der Waals surface area contributed by atoms with E-state index >= 15 is 0 Å². The van der Waals surface area contributed by atoms with Crippen LogP contribution in [0.25, 0.3) is 0 Å². The summed E-state index contributed by atoms with van der Waals surface area (Å²) in [5.74, 6) is 10.7. The summed E-state index contributed by atoms with van der Waals surface area (Å²) in [6, 6.07) is 5.08. The van der Waals surface area contributed by atoms with Crippen molar-refractivity contribution in [2.45, 2.75) is 0 Å². The van der Waals surface area contributed by atoms with E-state index in [2.05, 4.69) is 28.4 Å². The van der Waals surface area contributed by atoms with Crippen LogP contribution in [-0.2, 0) is 4.74 Å². The number of ether oxygens (including phenoxy) is 1. The maximum Gasteiger partial charge on any atom is 0.339 e. The molecule has 4 N–H and O–H groups in total. The Hall–Kier alpha value is -1.69. The molecule has 0 amide bonds. The molecule has 0 spiro atoms. The lowest BCUT2D eigenvalue weighted by Crippen LogP contribution is -2.04.